The Labute approximate surface area is 193 Å². The molecular formula is C24H31NO6S. The van der Waals surface area contributed by atoms with Crippen LogP contribution < -0.4 is 10.1 Å². The van der Waals surface area contributed by atoms with E-state index >= 15 is 0 Å². The molecule has 0 saturated heterocycles. The first-order valence-corrected chi connectivity index (χ1v) is 11.8. The molecule has 0 unspecified atom stereocenters. The van der Waals surface area contributed by atoms with Crippen LogP contribution in [0.25, 0.3) is 0 Å². The molecule has 0 aliphatic carbocycles. The highest BCUT2D eigenvalue weighted by Crippen LogP contribution is 2.34. The number of carbonyl (C=O) groups excluding carboxylic acids is 3. The number of carbonyl (C=O) groups is 3. The number of esters is 2. The molecule has 0 bridgehead atoms. The number of nitrogens with one attached hydrogen (secondary N) is 1. The molecule has 32 heavy (non-hydrogen) atoms. The van der Waals surface area contributed by atoms with Crippen molar-refractivity contribution in [3.63, 3.8) is 0 Å². The molecule has 7 nitrogen and oxygen atoms in total. The molecule has 0 saturated carbocycles. The molecule has 0 atom stereocenters. The zero-order valence-corrected chi connectivity index (χ0v) is 19.9. The van der Waals surface area contributed by atoms with E-state index in [4.69, 9.17) is 14.2 Å². The van der Waals surface area contributed by atoms with Crippen molar-refractivity contribution >= 4 is 34.2 Å². The summed E-state index contributed by atoms with van der Waals surface area (Å²) in [7, 11) is 0. The highest BCUT2D eigenvalue weighted by atomic mass is 32.1. The minimum absolute atomic E-state index is 0.167. The van der Waals surface area contributed by atoms with E-state index in [2.05, 4.69) is 12.2 Å². The summed E-state index contributed by atoms with van der Waals surface area (Å²) in [5, 5.41) is 3.00. The van der Waals surface area contributed by atoms with Gasteiger partial charge in [-0.3, -0.25) is 4.79 Å². The first kappa shape index (κ1) is 25.4. The predicted octanol–water partition coefficient (Wildman–Crippen LogP) is 5.62. The molecule has 174 valence electrons. The normalized spacial score (nSPS) is 10.5. The van der Waals surface area contributed by atoms with Crippen LogP contribution in [0.2, 0.25) is 0 Å². The van der Waals surface area contributed by atoms with E-state index < -0.39 is 17.8 Å². The fourth-order valence-electron chi connectivity index (χ4n) is 3.04. The Morgan fingerprint density at radius 1 is 0.906 bits per heavy atom. The zero-order chi connectivity index (χ0) is 23.5. The Bertz CT molecular complexity index is 919. The lowest BCUT2D eigenvalue weighted by atomic mass is 10.1. The molecule has 0 aliphatic heterocycles. The summed E-state index contributed by atoms with van der Waals surface area (Å²) in [6.45, 7) is 8.22. The summed E-state index contributed by atoms with van der Waals surface area (Å²) in [5.41, 5.74) is 0.996. The number of unbranched alkanes of at least 4 members (excludes halogenated alkanes) is 3. The van der Waals surface area contributed by atoms with E-state index in [-0.39, 0.29) is 28.7 Å². The van der Waals surface area contributed by atoms with Gasteiger partial charge in [0.25, 0.3) is 5.91 Å². The third-order valence-corrected chi connectivity index (χ3v) is 5.88. The monoisotopic (exact) mass is 461 g/mol. The van der Waals surface area contributed by atoms with Crippen LogP contribution in [0.4, 0.5) is 5.00 Å². The van der Waals surface area contributed by atoms with Crippen LogP contribution in [0.3, 0.4) is 0 Å². The van der Waals surface area contributed by atoms with Crippen LogP contribution in [-0.4, -0.2) is 37.7 Å². The lowest BCUT2D eigenvalue weighted by Crippen LogP contribution is -2.15. The summed E-state index contributed by atoms with van der Waals surface area (Å²) in [5.74, 6) is -0.844. The van der Waals surface area contributed by atoms with Gasteiger partial charge in [-0.05, 0) is 57.0 Å². The third kappa shape index (κ3) is 6.82. The SMILES string of the molecule is CCCCCCOc1ccc(C(=O)Nc2sc(C(=O)OCC)c(C)c2C(=O)OCC)cc1. The van der Waals surface area contributed by atoms with Gasteiger partial charge in [-0.1, -0.05) is 26.2 Å². The molecule has 0 spiro atoms. The van der Waals surface area contributed by atoms with Crippen LogP contribution in [0.5, 0.6) is 5.75 Å². The molecular weight excluding hydrogens is 430 g/mol. The van der Waals surface area contributed by atoms with Crippen molar-refractivity contribution in [1.82, 2.24) is 0 Å². The van der Waals surface area contributed by atoms with Crippen molar-refractivity contribution in [2.75, 3.05) is 25.1 Å². The van der Waals surface area contributed by atoms with Crippen molar-refractivity contribution in [2.24, 2.45) is 0 Å². The van der Waals surface area contributed by atoms with E-state index in [9.17, 15) is 14.4 Å². The van der Waals surface area contributed by atoms with E-state index in [0.717, 1.165) is 24.2 Å². The summed E-state index contributed by atoms with van der Waals surface area (Å²) in [6, 6.07) is 6.80. The Morgan fingerprint density at radius 2 is 1.56 bits per heavy atom. The number of rotatable bonds is 12. The topological polar surface area (TPSA) is 90.9 Å². The molecule has 0 aliphatic rings. The lowest BCUT2D eigenvalue weighted by Gasteiger charge is -2.09. The maximum atomic E-state index is 12.8. The molecule has 1 N–H and O–H groups in total. The van der Waals surface area contributed by atoms with E-state index in [1.165, 1.54) is 12.8 Å². The number of amides is 1. The zero-order valence-electron chi connectivity index (χ0n) is 19.1. The van der Waals surface area contributed by atoms with Gasteiger partial charge in [0.05, 0.1) is 25.4 Å². The summed E-state index contributed by atoms with van der Waals surface area (Å²) < 4.78 is 15.9. The summed E-state index contributed by atoms with van der Waals surface area (Å²) in [4.78, 5) is 37.8. The quantitative estimate of drug-likeness (QED) is 0.326. The fourth-order valence-corrected chi connectivity index (χ4v) is 4.12. The Balaban J connectivity index is 2.14. The first-order chi connectivity index (χ1) is 15.4. The summed E-state index contributed by atoms with van der Waals surface area (Å²) in [6.07, 6.45) is 4.49. The van der Waals surface area contributed by atoms with E-state index in [1.807, 2.05) is 0 Å². The Morgan fingerprint density at radius 3 is 2.19 bits per heavy atom. The highest BCUT2D eigenvalue weighted by molar-refractivity contribution is 7.18. The van der Waals surface area contributed by atoms with Gasteiger partial charge in [-0.2, -0.15) is 0 Å². The smallest absolute Gasteiger partial charge is 0.348 e. The highest BCUT2D eigenvalue weighted by Gasteiger charge is 2.27. The Kier molecular flexibility index (Phi) is 10.2. The van der Waals surface area contributed by atoms with Gasteiger partial charge in [0, 0.05) is 5.56 Å². The molecule has 1 heterocycles. The molecule has 1 aromatic heterocycles. The predicted molar refractivity (Wildman–Crippen MR) is 125 cm³/mol. The van der Waals surface area contributed by atoms with Crippen LogP contribution >= 0.6 is 11.3 Å². The standard InChI is InChI=1S/C24H31NO6S/c1-5-8-9-10-15-31-18-13-11-17(12-14-18)21(26)25-22-19(23(27)29-6-2)16(4)20(32-22)24(28)30-7-3/h11-14H,5-10,15H2,1-4H3,(H,25,26). The average Bonchev–Trinajstić information content (AvgIpc) is 3.10. The maximum absolute atomic E-state index is 12.8. The minimum Gasteiger partial charge on any atom is -0.494 e. The van der Waals surface area contributed by atoms with E-state index in [0.29, 0.717) is 23.5 Å². The number of hydrogen-bond donors (Lipinski definition) is 1. The second-order valence-corrected chi connectivity index (χ2v) is 8.11. The number of hydrogen-bond acceptors (Lipinski definition) is 7. The number of anilines is 1. The molecule has 2 aromatic rings. The van der Waals surface area contributed by atoms with Gasteiger partial charge < -0.3 is 19.5 Å². The molecule has 1 aromatic carbocycles. The number of benzene rings is 1. The minimum atomic E-state index is -0.598. The van der Waals surface area contributed by atoms with Crippen LogP contribution in [0.1, 0.15) is 82.4 Å². The van der Waals surface area contributed by atoms with Crippen LogP contribution in [0.15, 0.2) is 24.3 Å². The molecule has 0 fully saturated rings. The largest absolute Gasteiger partial charge is 0.494 e. The van der Waals surface area contributed by atoms with Crippen molar-refractivity contribution in [3.05, 3.63) is 45.8 Å². The second kappa shape index (κ2) is 12.9. The summed E-state index contributed by atoms with van der Waals surface area (Å²) >= 11 is 1.00. The number of thiophene rings is 1. The Hall–Kier alpha value is -2.87. The second-order valence-electron chi connectivity index (χ2n) is 7.09. The fraction of sp³-hybridized carbons (Fsp3) is 0.458. The van der Waals surface area contributed by atoms with Gasteiger partial charge in [0.1, 0.15) is 15.6 Å². The van der Waals surface area contributed by atoms with Gasteiger partial charge in [-0.15, -0.1) is 11.3 Å². The van der Waals surface area contributed by atoms with Gasteiger partial charge in [-0.25, -0.2) is 9.59 Å². The maximum Gasteiger partial charge on any atom is 0.348 e. The first-order valence-electron chi connectivity index (χ1n) is 10.9. The van der Waals surface area contributed by atoms with Crippen molar-refractivity contribution in [2.45, 2.75) is 53.4 Å². The molecule has 0 radical (unpaired) electrons. The van der Waals surface area contributed by atoms with Gasteiger partial charge >= 0.3 is 11.9 Å². The van der Waals surface area contributed by atoms with Crippen molar-refractivity contribution in [1.29, 1.82) is 0 Å². The van der Waals surface area contributed by atoms with Crippen LogP contribution in [0, 0.1) is 6.92 Å². The van der Waals surface area contributed by atoms with Gasteiger partial charge in [0.2, 0.25) is 0 Å². The van der Waals surface area contributed by atoms with Crippen molar-refractivity contribution < 1.29 is 28.6 Å². The number of ether oxygens (including phenoxy) is 3. The van der Waals surface area contributed by atoms with Gasteiger partial charge in [0.15, 0.2) is 0 Å². The molecule has 2 rings (SSSR count). The van der Waals surface area contributed by atoms with Crippen molar-refractivity contribution in [3.8, 4) is 5.75 Å². The molecule has 8 heteroatoms. The third-order valence-electron chi connectivity index (χ3n) is 4.70. The van der Waals surface area contributed by atoms with Crippen LogP contribution in [-0.2, 0) is 9.47 Å². The molecule has 1 amide bonds. The average molecular weight is 462 g/mol. The lowest BCUT2D eigenvalue weighted by molar-refractivity contribution is 0.0527. The van der Waals surface area contributed by atoms with E-state index in [1.54, 1.807) is 45.0 Å².